The van der Waals surface area contributed by atoms with E-state index in [1.807, 2.05) is 0 Å². The number of imidazole rings is 1. The number of carbonyl (C=O) groups is 1. The number of hydrogen-bond donors (Lipinski definition) is 0. The summed E-state index contributed by atoms with van der Waals surface area (Å²) in [5.41, 5.74) is -0.400. The van der Waals surface area contributed by atoms with Gasteiger partial charge in [-0.15, -0.1) is 0 Å². The third-order valence-electron chi connectivity index (χ3n) is 2.54. The summed E-state index contributed by atoms with van der Waals surface area (Å²) in [7, 11) is 1.17. The van der Waals surface area contributed by atoms with Gasteiger partial charge in [-0.1, -0.05) is 0 Å². The zero-order chi connectivity index (χ0) is 14.9. The Balaban J connectivity index is 2.52. The monoisotopic (exact) mass is 285 g/mol. The van der Waals surface area contributed by atoms with Gasteiger partial charge in [0.2, 0.25) is 0 Å². The number of pyridine rings is 1. The average molecular weight is 285 g/mol. The first-order valence-electron chi connectivity index (χ1n) is 5.50. The molecule has 20 heavy (non-hydrogen) atoms. The van der Waals surface area contributed by atoms with Gasteiger partial charge in [0.15, 0.2) is 11.4 Å². The lowest BCUT2D eigenvalue weighted by atomic mass is 10.2. The third kappa shape index (κ3) is 2.63. The molecule has 0 aliphatic carbocycles. The second-order valence-corrected chi connectivity index (χ2v) is 3.98. The molecule has 0 unspecified atom stereocenters. The highest BCUT2D eigenvalue weighted by molar-refractivity contribution is 5.91. The van der Waals surface area contributed by atoms with Crippen molar-refractivity contribution in [2.24, 2.45) is 0 Å². The number of esters is 1. The van der Waals surface area contributed by atoms with Crippen LogP contribution in [0.15, 0.2) is 24.7 Å². The van der Waals surface area contributed by atoms with E-state index < -0.39 is 17.8 Å². The van der Waals surface area contributed by atoms with Crippen LogP contribution in [-0.2, 0) is 10.9 Å². The Morgan fingerprint density at radius 3 is 2.60 bits per heavy atom. The van der Waals surface area contributed by atoms with Gasteiger partial charge in [-0.05, 0) is 19.1 Å². The normalized spacial score (nSPS) is 11.4. The maximum atomic E-state index is 12.5. The number of methoxy groups -OCH3 is 1. The number of ether oxygens (including phenoxy) is 1. The Hall–Kier alpha value is -2.38. The predicted octanol–water partition coefficient (Wildman–Crippen LogP) is 2.38. The summed E-state index contributed by atoms with van der Waals surface area (Å²) in [6, 6.07) is 3.06. The lowest BCUT2D eigenvalue weighted by Gasteiger charge is -2.08. The maximum Gasteiger partial charge on any atom is 0.434 e. The summed E-state index contributed by atoms with van der Waals surface area (Å²) in [6.07, 6.45) is -2.78. The number of aryl methyl sites for hydroxylation is 1. The van der Waals surface area contributed by atoms with E-state index >= 15 is 0 Å². The number of alkyl halides is 3. The predicted molar refractivity (Wildman–Crippen MR) is 62.4 cm³/mol. The summed E-state index contributed by atoms with van der Waals surface area (Å²) < 4.78 is 43.2. The van der Waals surface area contributed by atoms with Crippen molar-refractivity contribution in [3.63, 3.8) is 0 Å². The van der Waals surface area contributed by atoms with Gasteiger partial charge in [0.05, 0.1) is 19.1 Å². The zero-order valence-electron chi connectivity index (χ0n) is 10.6. The quantitative estimate of drug-likeness (QED) is 0.795. The highest BCUT2D eigenvalue weighted by Crippen LogP contribution is 2.28. The van der Waals surface area contributed by atoms with Crippen molar-refractivity contribution in [2.45, 2.75) is 13.1 Å². The van der Waals surface area contributed by atoms with Gasteiger partial charge >= 0.3 is 12.1 Å². The largest absolute Gasteiger partial charge is 0.464 e. The molecule has 0 fully saturated rings. The van der Waals surface area contributed by atoms with Gasteiger partial charge in [0.1, 0.15) is 0 Å². The van der Waals surface area contributed by atoms with Crippen LogP contribution in [0, 0.1) is 6.92 Å². The number of aromatic nitrogens is 3. The fourth-order valence-electron chi connectivity index (χ4n) is 1.61. The van der Waals surface area contributed by atoms with Crippen molar-refractivity contribution in [3.8, 4) is 5.69 Å². The summed E-state index contributed by atoms with van der Waals surface area (Å²) in [6.45, 7) is 1.66. The molecule has 2 aromatic heterocycles. The first-order chi connectivity index (χ1) is 9.32. The van der Waals surface area contributed by atoms with Gasteiger partial charge in [0.25, 0.3) is 0 Å². The SMILES string of the molecule is COC(=O)c1nc(C)ccc1-n1cnc(C(F)(F)F)c1. The Bertz CT molecular complexity index is 650. The summed E-state index contributed by atoms with van der Waals surface area (Å²) in [4.78, 5) is 18.9. The second kappa shape index (κ2) is 4.95. The molecular formula is C12H10F3N3O2. The van der Waals surface area contributed by atoms with E-state index in [1.54, 1.807) is 13.0 Å². The summed E-state index contributed by atoms with van der Waals surface area (Å²) in [5, 5.41) is 0. The number of hydrogen-bond acceptors (Lipinski definition) is 4. The highest BCUT2D eigenvalue weighted by atomic mass is 19.4. The molecule has 0 atom stereocenters. The van der Waals surface area contributed by atoms with Gasteiger partial charge in [-0.2, -0.15) is 13.2 Å². The van der Waals surface area contributed by atoms with E-state index in [1.165, 1.54) is 13.2 Å². The first-order valence-corrected chi connectivity index (χ1v) is 5.50. The molecule has 106 valence electrons. The van der Waals surface area contributed by atoms with E-state index in [2.05, 4.69) is 14.7 Å². The lowest BCUT2D eigenvalue weighted by molar-refractivity contribution is -0.140. The molecule has 5 nitrogen and oxygen atoms in total. The van der Waals surface area contributed by atoms with Crippen molar-refractivity contribution in [1.82, 2.24) is 14.5 Å². The zero-order valence-corrected chi connectivity index (χ0v) is 10.6. The topological polar surface area (TPSA) is 57.0 Å². The van der Waals surface area contributed by atoms with Crippen molar-refractivity contribution in [2.75, 3.05) is 7.11 Å². The van der Waals surface area contributed by atoms with Crippen LogP contribution in [0.3, 0.4) is 0 Å². The highest BCUT2D eigenvalue weighted by Gasteiger charge is 2.33. The smallest absolute Gasteiger partial charge is 0.434 e. The third-order valence-corrected chi connectivity index (χ3v) is 2.54. The fourth-order valence-corrected chi connectivity index (χ4v) is 1.61. The van der Waals surface area contributed by atoms with E-state index in [0.717, 1.165) is 17.1 Å². The molecule has 2 rings (SSSR count). The van der Waals surface area contributed by atoms with E-state index in [4.69, 9.17) is 0 Å². The fraction of sp³-hybridized carbons (Fsp3) is 0.250. The summed E-state index contributed by atoms with van der Waals surface area (Å²) in [5.74, 6) is -0.731. The van der Waals surface area contributed by atoms with E-state index in [-0.39, 0.29) is 11.4 Å². The van der Waals surface area contributed by atoms with Crippen molar-refractivity contribution < 1.29 is 22.7 Å². The van der Waals surface area contributed by atoms with Gasteiger partial charge in [0, 0.05) is 11.9 Å². The van der Waals surface area contributed by atoms with Crippen LogP contribution in [-0.4, -0.2) is 27.6 Å². The van der Waals surface area contributed by atoms with Crippen LogP contribution in [0.5, 0.6) is 0 Å². The maximum absolute atomic E-state index is 12.5. The molecule has 0 N–H and O–H groups in total. The van der Waals surface area contributed by atoms with Gasteiger partial charge in [-0.3, -0.25) is 0 Å². The number of rotatable bonds is 2. The molecule has 0 aliphatic heterocycles. The van der Waals surface area contributed by atoms with E-state index in [9.17, 15) is 18.0 Å². The Kier molecular flexibility index (Phi) is 3.47. The number of halogens is 3. The minimum atomic E-state index is -4.55. The molecule has 0 radical (unpaired) electrons. The molecule has 0 saturated heterocycles. The molecule has 2 aromatic rings. The minimum Gasteiger partial charge on any atom is -0.464 e. The number of nitrogens with zero attached hydrogens (tertiary/aromatic N) is 3. The standard InChI is InChI=1S/C12H10F3N3O2/c1-7-3-4-8(10(17-7)11(19)20-2)18-5-9(16-6-18)12(13,14)15/h3-6H,1-2H3. The van der Waals surface area contributed by atoms with Crippen molar-refractivity contribution >= 4 is 5.97 Å². The molecular weight excluding hydrogens is 275 g/mol. The van der Waals surface area contributed by atoms with E-state index in [0.29, 0.717) is 5.69 Å². The van der Waals surface area contributed by atoms with Crippen LogP contribution >= 0.6 is 0 Å². The second-order valence-electron chi connectivity index (χ2n) is 3.98. The average Bonchev–Trinajstić information content (AvgIpc) is 2.87. The molecule has 0 aromatic carbocycles. The van der Waals surface area contributed by atoms with Crippen LogP contribution in [0.1, 0.15) is 21.9 Å². The molecule has 2 heterocycles. The van der Waals surface area contributed by atoms with Crippen LogP contribution < -0.4 is 0 Å². The Morgan fingerprint density at radius 1 is 1.35 bits per heavy atom. The van der Waals surface area contributed by atoms with Crippen LogP contribution in [0.2, 0.25) is 0 Å². The molecule has 0 saturated carbocycles. The molecule has 0 bridgehead atoms. The van der Waals surface area contributed by atoms with Crippen LogP contribution in [0.25, 0.3) is 5.69 Å². The minimum absolute atomic E-state index is 0.0707. The van der Waals surface area contributed by atoms with Gasteiger partial charge in [-0.25, -0.2) is 14.8 Å². The molecule has 8 heteroatoms. The molecule has 0 amide bonds. The van der Waals surface area contributed by atoms with Crippen molar-refractivity contribution in [1.29, 1.82) is 0 Å². The van der Waals surface area contributed by atoms with Gasteiger partial charge < -0.3 is 9.30 Å². The van der Waals surface area contributed by atoms with Crippen LogP contribution in [0.4, 0.5) is 13.2 Å². The lowest BCUT2D eigenvalue weighted by Crippen LogP contribution is -2.10. The first kappa shape index (κ1) is 14.0. The Labute approximate surface area is 112 Å². The van der Waals surface area contributed by atoms with Crippen molar-refractivity contribution in [3.05, 3.63) is 41.7 Å². The molecule has 0 aliphatic rings. The molecule has 0 spiro atoms. The number of carbonyl (C=O) groups excluding carboxylic acids is 1. The summed E-state index contributed by atoms with van der Waals surface area (Å²) >= 11 is 0. The Morgan fingerprint density at radius 2 is 2.05 bits per heavy atom.